The third-order valence-electron chi connectivity index (χ3n) is 2.71. The minimum Gasteiger partial charge on any atom is -0.398 e. The third-order valence-corrected chi connectivity index (χ3v) is 3.32. The first-order valence-corrected chi connectivity index (χ1v) is 6.50. The monoisotopic (exact) mass is 340 g/mol. The smallest absolute Gasteiger partial charge is 0.257 e. The van der Waals surface area contributed by atoms with Gasteiger partial charge >= 0.3 is 0 Å². The van der Waals surface area contributed by atoms with Crippen LogP contribution < -0.4 is 11.1 Å². The molecule has 2 aromatic carbocycles. The fourth-order valence-corrected chi connectivity index (χ4v) is 2.01. The highest BCUT2D eigenvalue weighted by atomic mass is 79.9. The Balaban J connectivity index is 2.30. The number of carbonyl (C=O) groups excluding carboxylic acids is 1. The lowest BCUT2D eigenvalue weighted by molar-refractivity contribution is 0.102. The van der Waals surface area contributed by atoms with Gasteiger partial charge in [0.25, 0.3) is 5.91 Å². The molecule has 0 bridgehead atoms. The van der Waals surface area contributed by atoms with Crippen LogP contribution in [-0.2, 0) is 0 Å². The van der Waals surface area contributed by atoms with Gasteiger partial charge in [-0.2, -0.15) is 0 Å². The number of nitrogens with two attached hydrogens (primary N) is 1. The second kappa shape index (κ2) is 5.58. The summed E-state index contributed by atoms with van der Waals surface area (Å²) in [5.74, 6) is -2.00. The Morgan fingerprint density at radius 1 is 1.20 bits per heavy atom. The number of anilines is 2. The molecule has 0 aliphatic heterocycles. The van der Waals surface area contributed by atoms with Gasteiger partial charge in [0.05, 0.1) is 15.7 Å². The molecular formula is C14H11BrF2N2O. The second-order valence-corrected chi connectivity index (χ2v) is 5.15. The van der Waals surface area contributed by atoms with Gasteiger partial charge in [-0.05, 0) is 46.6 Å². The molecule has 3 N–H and O–H groups in total. The van der Waals surface area contributed by atoms with Crippen molar-refractivity contribution < 1.29 is 13.6 Å². The molecule has 0 saturated carbocycles. The Labute approximate surface area is 122 Å². The number of benzene rings is 2. The number of nitrogens with one attached hydrogen (secondary N) is 1. The van der Waals surface area contributed by atoms with Crippen LogP contribution in [0.4, 0.5) is 20.2 Å². The molecule has 0 aliphatic rings. The molecule has 0 aromatic heterocycles. The summed E-state index contributed by atoms with van der Waals surface area (Å²) in [5, 5.41) is 2.30. The molecule has 6 heteroatoms. The fraction of sp³-hybridized carbons (Fsp3) is 0.0714. The number of hydrogen-bond donors (Lipinski definition) is 2. The maximum absolute atomic E-state index is 13.6. The average molecular weight is 341 g/mol. The molecule has 1 amide bonds. The lowest BCUT2D eigenvalue weighted by Crippen LogP contribution is -2.15. The zero-order chi connectivity index (χ0) is 14.9. The van der Waals surface area contributed by atoms with Crippen LogP contribution in [0.3, 0.4) is 0 Å². The Morgan fingerprint density at radius 2 is 1.90 bits per heavy atom. The molecule has 0 unspecified atom stereocenters. The first-order chi connectivity index (χ1) is 9.38. The van der Waals surface area contributed by atoms with Crippen LogP contribution in [0.25, 0.3) is 0 Å². The maximum atomic E-state index is 13.6. The van der Waals surface area contributed by atoms with Crippen molar-refractivity contribution in [2.24, 2.45) is 0 Å². The quantitative estimate of drug-likeness (QED) is 0.644. The van der Waals surface area contributed by atoms with Crippen molar-refractivity contribution in [3.05, 3.63) is 57.6 Å². The highest BCUT2D eigenvalue weighted by molar-refractivity contribution is 9.10. The number of halogens is 3. The van der Waals surface area contributed by atoms with Crippen molar-refractivity contribution in [2.75, 3.05) is 11.1 Å². The first-order valence-electron chi connectivity index (χ1n) is 5.70. The molecular weight excluding hydrogens is 330 g/mol. The van der Waals surface area contributed by atoms with Crippen LogP contribution in [0.15, 0.2) is 34.8 Å². The van der Waals surface area contributed by atoms with E-state index >= 15 is 0 Å². The molecule has 2 aromatic rings. The minimum absolute atomic E-state index is 0.0113. The highest BCUT2D eigenvalue weighted by Crippen LogP contribution is 2.24. The Morgan fingerprint density at radius 3 is 2.55 bits per heavy atom. The summed E-state index contributed by atoms with van der Waals surface area (Å²) < 4.78 is 27.0. The largest absolute Gasteiger partial charge is 0.398 e. The van der Waals surface area contributed by atoms with Gasteiger partial charge in [0.2, 0.25) is 0 Å². The number of rotatable bonds is 2. The molecule has 0 radical (unpaired) electrons. The summed E-state index contributed by atoms with van der Waals surface area (Å²) in [6, 6.07) is 6.73. The molecule has 0 saturated heterocycles. The summed E-state index contributed by atoms with van der Waals surface area (Å²) in [6.07, 6.45) is 0. The van der Waals surface area contributed by atoms with Gasteiger partial charge < -0.3 is 11.1 Å². The van der Waals surface area contributed by atoms with E-state index in [1.165, 1.54) is 6.07 Å². The van der Waals surface area contributed by atoms with Crippen LogP contribution >= 0.6 is 15.9 Å². The molecule has 0 aliphatic carbocycles. The molecule has 3 nitrogen and oxygen atoms in total. The molecule has 0 fully saturated rings. The van der Waals surface area contributed by atoms with E-state index in [1.807, 2.05) is 6.92 Å². The van der Waals surface area contributed by atoms with Crippen molar-refractivity contribution in [3.8, 4) is 0 Å². The number of aryl methyl sites for hydroxylation is 1. The Kier molecular flexibility index (Phi) is 4.04. The Hall–Kier alpha value is -1.95. The molecule has 20 heavy (non-hydrogen) atoms. The van der Waals surface area contributed by atoms with Crippen LogP contribution in [0, 0.1) is 18.6 Å². The zero-order valence-electron chi connectivity index (χ0n) is 10.5. The van der Waals surface area contributed by atoms with Crippen molar-refractivity contribution in [2.45, 2.75) is 6.92 Å². The van der Waals surface area contributed by atoms with E-state index in [-0.39, 0.29) is 21.4 Å². The van der Waals surface area contributed by atoms with Gasteiger partial charge in [-0.3, -0.25) is 4.79 Å². The van der Waals surface area contributed by atoms with E-state index in [1.54, 1.807) is 12.1 Å². The average Bonchev–Trinajstić information content (AvgIpc) is 2.35. The van der Waals surface area contributed by atoms with Crippen LogP contribution in [-0.4, -0.2) is 5.91 Å². The first kappa shape index (κ1) is 14.5. The predicted octanol–water partition coefficient (Wildman–Crippen LogP) is 3.87. The molecule has 0 atom stereocenters. The van der Waals surface area contributed by atoms with Gasteiger partial charge in [-0.15, -0.1) is 0 Å². The number of amides is 1. The van der Waals surface area contributed by atoms with E-state index in [9.17, 15) is 13.6 Å². The van der Waals surface area contributed by atoms with Crippen LogP contribution in [0.5, 0.6) is 0 Å². The highest BCUT2D eigenvalue weighted by Gasteiger charge is 2.14. The van der Waals surface area contributed by atoms with Crippen molar-refractivity contribution in [1.29, 1.82) is 0 Å². The lowest BCUT2D eigenvalue weighted by Gasteiger charge is -2.09. The van der Waals surface area contributed by atoms with Crippen LogP contribution in [0.1, 0.15) is 15.9 Å². The maximum Gasteiger partial charge on any atom is 0.257 e. The normalized spacial score (nSPS) is 10.4. The predicted molar refractivity (Wildman–Crippen MR) is 77.6 cm³/mol. The standard InChI is InChI=1S/C14H11BrF2N2O/c1-7-2-3-8(12(18)4-7)14(20)19-13-6-10(16)9(15)5-11(13)17/h2-6H,18H2,1H3,(H,19,20). The number of nitrogen functional groups attached to an aromatic ring is 1. The third kappa shape index (κ3) is 2.96. The van der Waals surface area contributed by atoms with E-state index in [2.05, 4.69) is 21.2 Å². The summed E-state index contributed by atoms with van der Waals surface area (Å²) in [6.45, 7) is 1.84. The van der Waals surface area contributed by atoms with Gasteiger partial charge in [0.15, 0.2) is 0 Å². The van der Waals surface area contributed by atoms with Gasteiger partial charge in [-0.1, -0.05) is 6.07 Å². The van der Waals surface area contributed by atoms with Crippen molar-refractivity contribution in [3.63, 3.8) is 0 Å². The van der Waals surface area contributed by atoms with Gasteiger partial charge in [0.1, 0.15) is 11.6 Å². The van der Waals surface area contributed by atoms with E-state index in [0.29, 0.717) is 0 Å². The molecule has 2 rings (SSSR count). The second-order valence-electron chi connectivity index (χ2n) is 4.29. The van der Waals surface area contributed by atoms with E-state index in [0.717, 1.165) is 17.7 Å². The Bertz CT molecular complexity index is 689. The van der Waals surface area contributed by atoms with E-state index < -0.39 is 17.5 Å². The zero-order valence-corrected chi connectivity index (χ0v) is 12.1. The summed E-state index contributed by atoms with van der Waals surface area (Å²) in [4.78, 5) is 12.0. The summed E-state index contributed by atoms with van der Waals surface area (Å²) >= 11 is 2.86. The van der Waals surface area contributed by atoms with Crippen LogP contribution in [0.2, 0.25) is 0 Å². The number of carbonyl (C=O) groups is 1. The van der Waals surface area contributed by atoms with Gasteiger partial charge in [-0.25, -0.2) is 8.78 Å². The fourth-order valence-electron chi connectivity index (χ4n) is 1.70. The molecule has 0 heterocycles. The number of hydrogen-bond acceptors (Lipinski definition) is 2. The molecule has 104 valence electrons. The van der Waals surface area contributed by atoms with Gasteiger partial charge in [0, 0.05) is 11.8 Å². The molecule has 0 spiro atoms. The van der Waals surface area contributed by atoms with Crippen molar-refractivity contribution in [1.82, 2.24) is 0 Å². The summed E-state index contributed by atoms with van der Waals surface area (Å²) in [7, 11) is 0. The topological polar surface area (TPSA) is 55.1 Å². The van der Waals surface area contributed by atoms with E-state index in [4.69, 9.17) is 5.73 Å². The lowest BCUT2D eigenvalue weighted by atomic mass is 10.1. The summed E-state index contributed by atoms with van der Waals surface area (Å²) in [5.41, 5.74) is 6.88. The SMILES string of the molecule is Cc1ccc(C(=O)Nc2cc(F)c(Br)cc2F)c(N)c1. The minimum atomic E-state index is -0.739. The van der Waals surface area contributed by atoms with Crippen molar-refractivity contribution >= 4 is 33.2 Å².